The van der Waals surface area contributed by atoms with Gasteiger partial charge >= 0.3 is 0 Å². The summed E-state index contributed by atoms with van der Waals surface area (Å²) in [4.78, 5) is 12.3. The second kappa shape index (κ2) is 6.64. The molecule has 0 saturated heterocycles. The van der Waals surface area contributed by atoms with Crippen LogP contribution in [0.15, 0.2) is 12.1 Å². The van der Waals surface area contributed by atoms with Crippen molar-refractivity contribution in [3.63, 3.8) is 0 Å². The van der Waals surface area contributed by atoms with Gasteiger partial charge in [-0.25, -0.2) is 0 Å². The van der Waals surface area contributed by atoms with Crippen LogP contribution in [0.25, 0.3) is 0 Å². The highest BCUT2D eigenvalue weighted by Gasteiger charge is 2.24. The maximum absolute atomic E-state index is 12.3. The first-order valence-electron chi connectivity index (χ1n) is 5.80. The second-order valence-electron chi connectivity index (χ2n) is 4.03. The lowest BCUT2D eigenvalue weighted by Gasteiger charge is -2.16. The van der Waals surface area contributed by atoms with Crippen LogP contribution in [-0.4, -0.2) is 27.1 Å². The van der Waals surface area contributed by atoms with Crippen LogP contribution in [0.1, 0.15) is 23.7 Å². The molecule has 0 radical (unpaired) electrons. The first-order valence-corrected chi connectivity index (χ1v) is 5.80. The number of Topliss-reactive ketones (excluding diaryl/α,β-unsaturated/α-hetero) is 1. The van der Waals surface area contributed by atoms with E-state index in [-0.39, 0.29) is 12.2 Å². The van der Waals surface area contributed by atoms with E-state index in [1.807, 2.05) is 6.07 Å². The normalized spacial score (nSPS) is 11.3. The van der Waals surface area contributed by atoms with Gasteiger partial charge in [0.25, 0.3) is 0 Å². The van der Waals surface area contributed by atoms with Gasteiger partial charge in [0.1, 0.15) is 22.8 Å². The van der Waals surface area contributed by atoms with Gasteiger partial charge in [0.15, 0.2) is 5.78 Å². The SMILES string of the molecule is COc1cc(OC)c(C(=O)C(C)CC#N)c(OC)c1. The molecule has 0 bridgehead atoms. The van der Waals surface area contributed by atoms with Crippen molar-refractivity contribution in [3.05, 3.63) is 17.7 Å². The Kier molecular flexibility index (Phi) is 5.19. The Bertz CT molecular complexity index is 480. The summed E-state index contributed by atoms with van der Waals surface area (Å²) in [5.41, 5.74) is 0.341. The third-order valence-electron chi connectivity index (χ3n) is 2.81. The van der Waals surface area contributed by atoms with Crippen molar-refractivity contribution in [2.24, 2.45) is 5.92 Å². The molecule has 0 fully saturated rings. The summed E-state index contributed by atoms with van der Waals surface area (Å²) in [6.07, 6.45) is 0.150. The van der Waals surface area contributed by atoms with Gasteiger partial charge in [0, 0.05) is 24.5 Å². The smallest absolute Gasteiger partial charge is 0.174 e. The lowest BCUT2D eigenvalue weighted by molar-refractivity contribution is 0.0925. The molecule has 0 spiro atoms. The number of hydrogen-bond acceptors (Lipinski definition) is 5. The molecule has 1 rings (SSSR count). The minimum Gasteiger partial charge on any atom is -0.496 e. The molecule has 5 nitrogen and oxygen atoms in total. The zero-order valence-electron chi connectivity index (χ0n) is 11.5. The predicted molar refractivity (Wildman–Crippen MR) is 69.8 cm³/mol. The summed E-state index contributed by atoms with van der Waals surface area (Å²) in [5.74, 6) is 0.703. The van der Waals surface area contributed by atoms with E-state index in [4.69, 9.17) is 19.5 Å². The molecular weight excluding hydrogens is 246 g/mol. The largest absolute Gasteiger partial charge is 0.496 e. The maximum Gasteiger partial charge on any atom is 0.174 e. The standard InChI is InChI=1S/C14H17NO4/c1-9(5-6-15)14(16)13-11(18-3)7-10(17-2)8-12(13)19-4/h7-9H,5H2,1-4H3. The van der Waals surface area contributed by atoms with Crippen molar-refractivity contribution in [1.29, 1.82) is 5.26 Å². The fraction of sp³-hybridized carbons (Fsp3) is 0.429. The zero-order valence-corrected chi connectivity index (χ0v) is 11.5. The van der Waals surface area contributed by atoms with Gasteiger partial charge < -0.3 is 14.2 Å². The summed E-state index contributed by atoms with van der Waals surface area (Å²) < 4.78 is 15.6. The fourth-order valence-electron chi connectivity index (χ4n) is 1.72. The van der Waals surface area contributed by atoms with E-state index < -0.39 is 5.92 Å². The molecule has 0 aliphatic rings. The van der Waals surface area contributed by atoms with E-state index in [0.717, 1.165) is 0 Å². The molecule has 0 saturated carbocycles. The van der Waals surface area contributed by atoms with Gasteiger partial charge in [-0.05, 0) is 0 Å². The average Bonchev–Trinajstić information content (AvgIpc) is 2.44. The van der Waals surface area contributed by atoms with E-state index in [1.165, 1.54) is 21.3 Å². The van der Waals surface area contributed by atoms with Crippen LogP contribution in [-0.2, 0) is 0 Å². The minimum atomic E-state index is -0.416. The van der Waals surface area contributed by atoms with Crippen molar-refractivity contribution in [3.8, 4) is 23.3 Å². The highest BCUT2D eigenvalue weighted by Crippen LogP contribution is 2.35. The average molecular weight is 263 g/mol. The highest BCUT2D eigenvalue weighted by molar-refractivity contribution is 6.03. The molecular formula is C14H17NO4. The van der Waals surface area contributed by atoms with E-state index in [1.54, 1.807) is 19.1 Å². The summed E-state index contributed by atoms with van der Waals surface area (Å²) >= 11 is 0. The van der Waals surface area contributed by atoms with Crippen LogP contribution in [0.3, 0.4) is 0 Å². The van der Waals surface area contributed by atoms with Crippen LogP contribution in [0, 0.1) is 17.2 Å². The number of hydrogen-bond donors (Lipinski definition) is 0. The van der Waals surface area contributed by atoms with Crippen molar-refractivity contribution >= 4 is 5.78 Å². The van der Waals surface area contributed by atoms with Crippen molar-refractivity contribution in [2.45, 2.75) is 13.3 Å². The molecule has 5 heteroatoms. The van der Waals surface area contributed by atoms with Crippen LogP contribution >= 0.6 is 0 Å². The number of rotatable bonds is 6. The quantitative estimate of drug-likeness (QED) is 0.737. The number of ether oxygens (including phenoxy) is 3. The summed E-state index contributed by atoms with van der Waals surface area (Å²) in [7, 11) is 4.47. The monoisotopic (exact) mass is 263 g/mol. The molecule has 1 aromatic rings. The van der Waals surface area contributed by atoms with Crippen LogP contribution < -0.4 is 14.2 Å². The number of methoxy groups -OCH3 is 3. The lowest BCUT2D eigenvalue weighted by Crippen LogP contribution is -2.13. The minimum absolute atomic E-state index is 0.150. The van der Waals surface area contributed by atoms with E-state index in [2.05, 4.69) is 0 Å². The van der Waals surface area contributed by atoms with Gasteiger partial charge in [-0.2, -0.15) is 5.26 Å². The Balaban J connectivity index is 3.32. The summed E-state index contributed by atoms with van der Waals surface area (Å²) in [6, 6.07) is 5.23. The van der Waals surface area contributed by atoms with Crippen LogP contribution in [0.2, 0.25) is 0 Å². The van der Waals surface area contributed by atoms with E-state index >= 15 is 0 Å². The van der Waals surface area contributed by atoms with E-state index in [9.17, 15) is 4.79 Å². The number of ketones is 1. The number of benzene rings is 1. The number of nitrogens with zero attached hydrogens (tertiary/aromatic N) is 1. The van der Waals surface area contributed by atoms with Crippen molar-refractivity contribution < 1.29 is 19.0 Å². The molecule has 0 heterocycles. The van der Waals surface area contributed by atoms with Gasteiger partial charge in [-0.1, -0.05) is 6.92 Å². The Hall–Kier alpha value is -2.22. The summed E-state index contributed by atoms with van der Waals surface area (Å²) in [5, 5.41) is 8.68. The van der Waals surface area contributed by atoms with Gasteiger partial charge in [0.05, 0.1) is 27.4 Å². The number of carbonyl (C=O) groups excluding carboxylic acids is 1. The third-order valence-corrected chi connectivity index (χ3v) is 2.81. The Morgan fingerprint density at radius 1 is 1.21 bits per heavy atom. The molecule has 0 aromatic heterocycles. The first-order chi connectivity index (χ1) is 9.08. The second-order valence-corrected chi connectivity index (χ2v) is 4.03. The molecule has 102 valence electrons. The molecule has 19 heavy (non-hydrogen) atoms. The van der Waals surface area contributed by atoms with Gasteiger partial charge in [-0.15, -0.1) is 0 Å². The first kappa shape index (κ1) is 14.8. The van der Waals surface area contributed by atoms with Crippen molar-refractivity contribution in [1.82, 2.24) is 0 Å². The molecule has 1 aromatic carbocycles. The highest BCUT2D eigenvalue weighted by atomic mass is 16.5. The van der Waals surface area contributed by atoms with Crippen molar-refractivity contribution in [2.75, 3.05) is 21.3 Å². The summed E-state index contributed by atoms with van der Waals surface area (Å²) in [6.45, 7) is 1.70. The Morgan fingerprint density at radius 2 is 1.74 bits per heavy atom. The zero-order chi connectivity index (χ0) is 14.4. The topological polar surface area (TPSA) is 68.5 Å². The van der Waals surface area contributed by atoms with Gasteiger partial charge in [-0.3, -0.25) is 4.79 Å². The number of carbonyl (C=O) groups is 1. The molecule has 0 amide bonds. The van der Waals surface area contributed by atoms with Crippen LogP contribution in [0.4, 0.5) is 0 Å². The Morgan fingerprint density at radius 3 is 2.11 bits per heavy atom. The number of nitriles is 1. The molecule has 0 aliphatic heterocycles. The molecule has 1 atom stereocenters. The van der Waals surface area contributed by atoms with E-state index in [0.29, 0.717) is 22.8 Å². The lowest BCUT2D eigenvalue weighted by atomic mass is 9.95. The van der Waals surface area contributed by atoms with Gasteiger partial charge in [0.2, 0.25) is 0 Å². The molecule has 1 unspecified atom stereocenters. The third kappa shape index (κ3) is 3.16. The molecule has 0 N–H and O–H groups in total. The maximum atomic E-state index is 12.3. The van der Waals surface area contributed by atoms with Crippen LogP contribution in [0.5, 0.6) is 17.2 Å². The predicted octanol–water partition coefficient (Wildman–Crippen LogP) is 2.44. The Labute approximate surface area is 112 Å². The fourth-order valence-corrected chi connectivity index (χ4v) is 1.72. The molecule has 0 aliphatic carbocycles.